The summed E-state index contributed by atoms with van der Waals surface area (Å²) < 4.78 is 0. The van der Waals surface area contributed by atoms with Crippen LogP contribution in [-0.2, 0) is 0 Å². The summed E-state index contributed by atoms with van der Waals surface area (Å²) in [5.41, 5.74) is 1.35. The molecule has 3 heteroatoms. The Morgan fingerprint density at radius 2 is 1.80 bits per heavy atom. The lowest BCUT2D eigenvalue weighted by Gasteiger charge is -2.38. The van der Waals surface area contributed by atoms with Crippen LogP contribution in [0.5, 0.6) is 0 Å². The normalized spacial score (nSPS) is 24.9. The van der Waals surface area contributed by atoms with Crippen molar-refractivity contribution in [1.29, 1.82) is 0 Å². The molecule has 2 nitrogen and oxygen atoms in total. The van der Waals surface area contributed by atoms with Crippen molar-refractivity contribution in [2.45, 2.75) is 57.7 Å². The van der Waals surface area contributed by atoms with E-state index in [1.165, 1.54) is 31.2 Å². The second kappa shape index (κ2) is 7.44. The summed E-state index contributed by atoms with van der Waals surface area (Å²) in [5.74, 6) is 0. The van der Waals surface area contributed by atoms with Crippen LogP contribution in [0.15, 0.2) is 24.3 Å². The summed E-state index contributed by atoms with van der Waals surface area (Å²) in [7, 11) is 2.26. The molecule has 1 fully saturated rings. The molecule has 0 aliphatic heterocycles. The summed E-state index contributed by atoms with van der Waals surface area (Å²) in [5, 5.41) is 4.39. The lowest BCUT2D eigenvalue weighted by molar-refractivity contribution is 0.135. The third-order valence-electron chi connectivity index (χ3n) is 4.73. The van der Waals surface area contributed by atoms with Crippen molar-refractivity contribution >= 4 is 11.6 Å². The largest absolute Gasteiger partial charge is 0.314 e. The first-order chi connectivity index (χ1) is 9.61. The quantitative estimate of drug-likeness (QED) is 0.873. The maximum absolute atomic E-state index is 5.97. The molecule has 0 bridgehead atoms. The molecule has 0 radical (unpaired) electrons. The second-order valence-corrected chi connectivity index (χ2v) is 6.39. The molecule has 1 N–H and O–H groups in total. The van der Waals surface area contributed by atoms with E-state index in [0.717, 1.165) is 17.6 Å². The minimum atomic E-state index is 0.452. The molecule has 2 rings (SSSR count). The number of hydrogen-bond acceptors (Lipinski definition) is 2. The van der Waals surface area contributed by atoms with Crippen LogP contribution in [0.25, 0.3) is 0 Å². The van der Waals surface area contributed by atoms with Gasteiger partial charge in [0.15, 0.2) is 0 Å². The zero-order valence-electron chi connectivity index (χ0n) is 12.9. The molecule has 20 heavy (non-hydrogen) atoms. The summed E-state index contributed by atoms with van der Waals surface area (Å²) in [6.45, 7) is 5.58. The molecule has 1 saturated carbocycles. The van der Waals surface area contributed by atoms with Crippen molar-refractivity contribution in [2.24, 2.45) is 0 Å². The first kappa shape index (κ1) is 15.8. The molecular weight excluding hydrogens is 268 g/mol. The minimum Gasteiger partial charge on any atom is -0.314 e. The molecular formula is C17H27ClN2. The fourth-order valence-corrected chi connectivity index (χ4v) is 3.39. The Labute approximate surface area is 128 Å². The van der Waals surface area contributed by atoms with Gasteiger partial charge in [-0.05, 0) is 63.9 Å². The van der Waals surface area contributed by atoms with E-state index in [0.29, 0.717) is 12.1 Å². The van der Waals surface area contributed by atoms with Gasteiger partial charge in [0.05, 0.1) is 0 Å². The van der Waals surface area contributed by atoms with Crippen LogP contribution in [0.4, 0.5) is 0 Å². The molecule has 1 aliphatic carbocycles. The van der Waals surface area contributed by atoms with Gasteiger partial charge in [0.2, 0.25) is 0 Å². The monoisotopic (exact) mass is 294 g/mol. The highest BCUT2D eigenvalue weighted by Crippen LogP contribution is 2.29. The van der Waals surface area contributed by atoms with Gasteiger partial charge in [-0.25, -0.2) is 0 Å². The Morgan fingerprint density at radius 1 is 1.20 bits per heavy atom. The van der Waals surface area contributed by atoms with E-state index in [9.17, 15) is 0 Å². The standard InChI is InChI=1S/C17H27ClN2/c1-4-19-16-9-11-17(12-10-16)20(3)13(2)14-5-7-15(18)8-6-14/h5-8,13,16-17,19H,4,9-12H2,1-3H3. The third-order valence-corrected chi connectivity index (χ3v) is 4.98. The lowest BCUT2D eigenvalue weighted by Crippen LogP contribution is -2.41. The van der Waals surface area contributed by atoms with E-state index in [4.69, 9.17) is 11.6 Å². The van der Waals surface area contributed by atoms with E-state index >= 15 is 0 Å². The van der Waals surface area contributed by atoms with Crippen LogP contribution >= 0.6 is 11.6 Å². The van der Waals surface area contributed by atoms with Crippen molar-refractivity contribution in [1.82, 2.24) is 10.2 Å². The number of nitrogens with one attached hydrogen (secondary N) is 1. The van der Waals surface area contributed by atoms with Crippen molar-refractivity contribution in [2.75, 3.05) is 13.6 Å². The van der Waals surface area contributed by atoms with Gasteiger partial charge in [-0.1, -0.05) is 30.7 Å². The average Bonchev–Trinajstić information content (AvgIpc) is 2.48. The zero-order valence-corrected chi connectivity index (χ0v) is 13.7. The fraction of sp³-hybridized carbons (Fsp3) is 0.647. The van der Waals surface area contributed by atoms with Gasteiger partial charge in [-0.15, -0.1) is 0 Å². The maximum Gasteiger partial charge on any atom is 0.0406 e. The molecule has 1 atom stereocenters. The van der Waals surface area contributed by atoms with Crippen LogP contribution in [0.2, 0.25) is 5.02 Å². The Hall–Kier alpha value is -0.570. The van der Waals surface area contributed by atoms with E-state index < -0.39 is 0 Å². The Kier molecular flexibility index (Phi) is 5.88. The first-order valence-electron chi connectivity index (χ1n) is 7.82. The van der Waals surface area contributed by atoms with Crippen molar-refractivity contribution < 1.29 is 0 Å². The Bertz CT molecular complexity index is 396. The third kappa shape index (κ3) is 3.97. The molecule has 1 unspecified atom stereocenters. The summed E-state index contributed by atoms with van der Waals surface area (Å²) >= 11 is 5.97. The summed E-state index contributed by atoms with van der Waals surface area (Å²) in [4.78, 5) is 2.53. The van der Waals surface area contributed by atoms with Crippen molar-refractivity contribution in [3.05, 3.63) is 34.9 Å². The molecule has 0 saturated heterocycles. The van der Waals surface area contributed by atoms with E-state index in [1.807, 2.05) is 12.1 Å². The van der Waals surface area contributed by atoms with E-state index in [-0.39, 0.29) is 0 Å². The average molecular weight is 295 g/mol. The highest BCUT2D eigenvalue weighted by Gasteiger charge is 2.26. The van der Waals surface area contributed by atoms with E-state index in [1.54, 1.807) is 0 Å². The SMILES string of the molecule is CCNC1CCC(N(C)C(C)c2ccc(Cl)cc2)CC1. The second-order valence-electron chi connectivity index (χ2n) is 5.96. The van der Waals surface area contributed by atoms with Crippen LogP contribution in [0.1, 0.15) is 51.1 Å². The highest BCUT2D eigenvalue weighted by molar-refractivity contribution is 6.30. The van der Waals surface area contributed by atoms with Crippen LogP contribution < -0.4 is 5.32 Å². The van der Waals surface area contributed by atoms with Gasteiger partial charge in [-0.2, -0.15) is 0 Å². The first-order valence-corrected chi connectivity index (χ1v) is 8.20. The molecule has 1 aliphatic rings. The minimum absolute atomic E-state index is 0.452. The van der Waals surface area contributed by atoms with Crippen molar-refractivity contribution in [3.63, 3.8) is 0 Å². The van der Waals surface area contributed by atoms with Gasteiger partial charge in [0, 0.05) is 23.1 Å². The lowest BCUT2D eigenvalue weighted by atomic mass is 9.89. The molecule has 0 amide bonds. The van der Waals surface area contributed by atoms with Gasteiger partial charge in [-0.3, -0.25) is 4.90 Å². The Balaban J connectivity index is 1.91. The topological polar surface area (TPSA) is 15.3 Å². The molecule has 0 spiro atoms. The smallest absolute Gasteiger partial charge is 0.0406 e. The van der Waals surface area contributed by atoms with Gasteiger partial charge in [0.1, 0.15) is 0 Å². The van der Waals surface area contributed by atoms with E-state index in [2.05, 4.69) is 43.2 Å². The van der Waals surface area contributed by atoms with Crippen LogP contribution in [0.3, 0.4) is 0 Å². The number of rotatable bonds is 5. The van der Waals surface area contributed by atoms with Gasteiger partial charge in [0.25, 0.3) is 0 Å². The number of benzene rings is 1. The van der Waals surface area contributed by atoms with Crippen molar-refractivity contribution in [3.8, 4) is 0 Å². The fourth-order valence-electron chi connectivity index (χ4n) is 3.27. The van der Waals surface area contributed by atoms with Gasteiger partial charge < -0.3 is 5.32 Å². The number of halogens is 1. The Morgan fingerprint density at radius 3 is 2.35 bits per heavy atom. The summed E-state index contributed by atoms with van der Waals surface area (Å²) in [6.07, 6.45) is 5.20. The molecule has 1 aromatic rings. The molecule has 1 aromatic carbocycles. The summed E-state index contributed by atoms with van der Waals surface area (Å²) in [6, 6.07) is 10.2. The zero-order chi connectivity index (χ0) is 14.5. The maximum atomic E-state index is 5.97. The predicted octanol–water partition coefficient (Wildman–Crippen LogP) is 4.25. The molecule has 112 valence electrons. The van der Waals surface area contributed by atoms with Crippen LogP contribution in [-0.4, -0.2) is 30.6 Å². The number of hydrogen-bond donors (Lipinski definition) is 1. The van der Waals surface area contributed by atoms with Gasteiger partial charge >= 0.3 is 0 Å². The molecule has 0 heterocycles. The highest BCUT2D eigenvalue weighted by atomic mass is 35.5. The molecule has 0 aromatic heterocycles. The number of nitrogens with zero attached hydrogens (tertiary/aromatic N) is 1. The van der Waals surface area contributed by atoms with Crippen LogP contribution in [0, 0.1) is 0 Å². The predicted molar refractivity (Wildman–Crippen MR) is 87.4 cm³/mol.